The summed E-state index contributed by atoms with van der Waals surface area (Å²) in [5.74, 6) is -0.0239. The number of nitrogen functional groups attached to an aromatic ring is 1. The maximum Gasteiger partial charge on any atom is 0.341 e. The molecule has 0 radical (unpaired) electrons. The second-order valence-corrected chi connectivity index (χ2v) is 3.84. The summed E-state index contributed by atoms with van der Waals surface area (Å²) < 4.78 is 15.6. The molecule has 1 aromatic carbocycles. The van der Waals surface area contributed by atoms with E-state index in [2.05, 4.69) is 4.74 Å². The average molecular weight is 253 g/mol. The van der Waals surface area contributed by atoms with Crippen LogP contribution in [0.5, 0.6) is 5.75 Å². The second-order valence-electron chi connectivity index (χ2n) is 3.84. The Kier molecular flexibility index (Phi) is 5.45. The molecule has 100 valence electrons. The van der Waals surface area contributed by atoms with Gasteiger partial charge in [-0.25, -0.2) is 4.79 Å². The van der Waals surface area contributed by atoms with Crippen LogP contribution in [0.25, 0.3) is 0 Å². The lowest BCUT2D eigenvalue weighted by Crippen LogP contribution is -2.20. The predicted octanol–water partition coefficient (Wildman–Crippen LogP) is 1.86. The average Bonchev–Trinajstić information content (AvgIpc) is 2.37. The van der Waals surface area contributed by atoms with Crippen molar-refractivity contribution in [1.29, 1.82) is 0 Å². The first-order valence-corrected chi connectivity index (χ1v) is 5.80. The van der Waals surface area contributed by atoms with E-state index in [-0.39, 0.29) is 6.10 Å². The van der Waals surface area contributed by atoms with Gasteiger partial charge in [-0.2, -0.15) is 0 Å². The summed E-state index contributed by atoms with van der Waals surface area (Å²) in [5, 5.41) is 0. The lowest BCUT2D eigenvalue weighted by molar-refractivity contribution is 0.0554. The zero-order valence-electron chi connectivity index (χ0n) is 10.9. The number of ether oxygens (including phenoxy) is 3. The SMILES string of the molecule is CCOCC(C)Oc1ccc(N)cc1C(=O)OC. The maximum absolute atomic E-state index is 11.6. The normalized spacial score (nSPS) is 11.9. The zero-order valence-corrected chi connectivity index (χ0v) is 10.9. The highest BCUT2D eigenvalue weighted by atomic mass is 16.5. The molecule has 0 bridgehead atoms. The van der Waals surface area contributed by atoms with Crippen LogP contribution in [0, 0.1) is 0 Å². The van der Waals surface area contributed by atoms with Gasteiger partial charge in [0.1, 0.15) is 17.4 Å². The van der Waals surface area contributed by atoms with E-state index < -0.39 is 5.97 Å². The molecular formula is C13H19NO4. The molecular weight excluding hydrogens is 234 g/mol. The molecule has 0 aliphatic carbocycles. The third-order valence-electron chi connectivity index (χ3n) is 2.29. The predicted molar refractivity (Wildman–Crippen MR) is 68.8 cm³/mol. The van der Waals surface area contributed by atoms with Gasteiger partial charge in [0.25, 0.3) is 0 Å². The minimum atomic E-state index is -0.471. The molecule has 2 N–H and O–H groups in total. The highest BCUT2D eigenvalue weighted by Crippen LogP contribution is 2.23. The van der Waals surface area contributed by atoms with Crippen molar-refractivity contribution in [1.82, 2.24) is 0 Å². The Bertz CT molecular complexity index is 406. The quantitative estimate of drug-likeness (QED) is 0.619. The fourth-order valence-corrected chi connectivity index (χ4v) is 1.45. The minimum absolute atomic E-state index is 0.156. The van der Waals surface area contributed by atoms with E-state index >= 15 is 0 Å². The van der Waals surface area contributed by atoms with E-state index in [9.17, 15) is 4.79 Å². The number of nitrogens with two attached hydrogens (primary N) is 1. The van der Waals surface area contributed by atoms with E-state index in [4.69, 9.17) is 15.2 Å². The van der Waals surface area contributed by atoms with Gasteiger partial charge >= 0.3 is 5.97 Å². The van der Waals surface area contributed by atoms with Crippen LogP contribution >= 0.6 is 0 Å². The summed E-state index contributed by atoms with van der Waals surface area (Å²) in [6.07, 6.45) is -0.156. The van der Waals surface area contributed by atoms with Gasteiger partial charge in [0.15, 0.2) is 0 Å². The van der Waals surface area contributed by atoms with Crippen molar-refractivity contribution in [3.63, 3.8) is 0 Å². The Morgan fingerprint density at radius 2 is 2.17 bits per heavy atom. The number of hydrogen-bond acceptors (Lipinski definition) is 5. The lowest BCUT2D eigenvalue weighted by atomic mass is 10.2. The van der Waals surface area contributed by atoms with Crippen molar-refractivity contribution >= 4 is 11.7 Å². The number of methoxy groups -OCH3 is 1. The Balaban J connectivity index is 2.84. The van der Waals surface area contributed by atoms with Crippen LogP contribution in [0.15, 0.2) is 18.2 Å². The molecule has 0 amide bonds. The van der Waals surface area contributed by atoms with Gasteiger partial charge in [-0.05, 0) is 32.0 Å². The Morgan fingerprint density at radius 1 is 1.44 bits per heavy atom. The largest absolute Gasteiger partial charge is 0.487 e. The van der Waals surface area contributed by atoms with Crippen LogP contribution in [0.1, 0.15) is 24.2 Å². The summed E-state index contributed by atoms with van der Waals surface area (Å²) in [7, 11) is 1.32. The molecule has 0 saturated heterocycles. The van der Waals surface area contributed by atoms with Crippen molar-refractivity contribution in [3.8, 4) is 5.75 Å². The summed E-state index contributed by atoms with van der Waals surface area (Å²) in [6, 6.07) is 4.87. The molecule has 1 rings (SSSR count). The highest BCUT2D eigenvalue weighted by molar-refractivity contribution is 5.93. The summed E-state index contributed by atoms with van der Waals surface area (Å²) in [5.41, 5.74) is 6.45. The molecule has 18 heavy (non-hydrogen) atoms. The first-order chi connectivity index (χ1) is 8.58. The van der Waals surface area contributed by atoms with Crippen LogP contribution in [-0.2, 0) is 9.47 Å². The van der Waals surface area contributed by atoms with Crippen molar-refractivity contribution in [2.75, 3.05) is 26.1 Å². The standard InChI is InChI=1S/C13H19NO4/c1-4-17-8-9(2)18-12-6-5-10(14)7-11(12)13(15)16-3/h5-7,9H,4,8,14H2,1-3H3. The van der Waals surface area contributed by atoms with Gasteiger partial charge in [0.05, 0.1) is 13.7 Å². The van der Waals surface area contributed by atoms with Gasteiger partial charge in [-0.3, -0.25) is 0 Å². The van der Waals surface area contributed by atoms with Gasteiger partial charge in [0, 0.05) is 12.3 Å². The monoisotopic (exact) mass is 253 g/mol. The van der Waals surface area contributed by atoms with Gasteiger partial charge in [-0.15, -0.1) is 0 Å². The molecule has 0 saturated carbocycles. The number of rotatable bonds is 6. The van der Waals surface area contributed by atoms with E-state index in [0.717, 1.165) is 0 Å². The molecule has 0 aliphatic heterocycles. The molecule has 0 aliphatic rings. The first-order valence-electron chi connectivity index (χ1n) is 5.80. The molecule has 0 spiro atoms. The van der Waals surface area contributed by atoms with Crippen molar-refractivity contribution in [3.05, 3.63) is 23.8 Å². The molecule has 5 nitrogen and oxygen atoms in total. The van der Waals surface area contributed by atoms with Gasteiger partial charge in [-0.1, -0.05) is 0 Å². The summed E-state index contributed by atoms with van der Waals surface area (Å²) in [6.45, 7) is 4.86. The van der Waals surface area contributed by atoms with Crippen molar-refractivity contribution in [2.45, 2.75) is 20.0 Å². The highest BCUT2D eigenvalue weighted by Gasteiger charge is 2.15. The molecule has 1 unspecified atom stereocenters. The molecule has 0 heterocycles. The van der Waals surface area contributed by atoms with E-state index in [1.807, 2.05) is 13.8 Å². The minimum Gasteiger partial charge on any atom is -0.487 e. The van der Waals surface area contributed by atoms with E-state index in [1.54, 1.807) is 12.1 Å². The number of carbonyl (C=O) groups is 1. The Labute approximate surface area is 107 Å². The van der Waals surface area contributed by atoms with Crippen molar-refractivity contribution < 1.29 is 19.0 Å². The Morgan fingerprint density at radius 3 is 2.78 bits per heavy atom. The third kappa shape index (κ3) is 3.92. The molecule has 0 fully saturated rings. The number of carbonyl (C=O) groups excluding carboxylic acids is 1. The number of anilines is 1. The number of benzene rings is 1. The zero-order chi connectivity index (χ0) is 13.5. The molecule has 5 heteroatoms. The molecule has 0 aromatic heterocycles. The fraction of sp³-hybridized carbons (Fsp3) is 0.462. The summed E-state index contributed by atoms with van der Waals surface area (Å²) >= 11 is 0. The van der Waals surface area contributed by atoms with E-state index in [0.29, 0.717) is 30.2 Å². The summed E-state index contributed by atoms with van der Waals surface area (Å²) in [4.78, 5) is 11.6. The molecule has 1 atom stereocenters. The topological polar surface area (TPSA) is 70.8 Å². The second kappa shape index (κ2) is 6.86. The smallest absolute Gasteiger partial charge is 0.341 e. The maximum atomic E-state index is 11.6. The van der Waals surface area contributed by atoms with Crippen LogP contribution in [-0.4, -0.2) is 32.4 Å². The third-order valence-corrected chi connectivity index (χ3v) is 2.29. The van der Waals surface area contributed by atoms with E-state index in [1.165, 1.54) is 13.2 Å². The number of esters is 1. The van der Waals surface area contributed by atoms with Gasteiger partial charge < -0.3 is 19.9 Å². The van der Waals surface area contributed by atoms with Crippen LogP contribution < -0.4 is 10.5 Å². The van der Waals surface area contributed by atoms with Crippen LogP contribution in [0.4, 0.5) is 5.69 Å². The van der Waals surface area contributed by atoms with Crippen LogP contribution in [0.2, 0.25) is 0 Å². The van der Waals surface area contributed by atoms with Gasteiger partial charge in [0.2, 0.25) is 0 Å². The fourth-order valence-electron chi connectivity index (χ4n) is 1.45. The molecule has 1 aromatic rings. The Hall–Kier alpha value is -1.75. The van der Waals surface area contributed by atoms with Crippen LogP contribution in [0.3, 0.4) is 0 Å². The lowest BCUT2D eigenvalue weighted by Gasteiger charge is -2.16. The van der Waals surface area contributed by atoms with Crippen molar-refractivity contribution in [2.24, 2.45) is 0 Å². The first kappa shape index (κ1) is 14.3. The number of hydrogen-bond donors (Lipinski definition) is 1.